The van der Waals surface area contributed by atoms with E-state index in [4.69, 9.17) is 0 Å². The van der Waals surface area contributed by atoms with Crippen LogP contribution in [0.1, 0.15) is 18.4 Å². The first-order chi connectivity index (χ1) is 8.49. The maximum atomic E-state index is 11.4. The molecule has 2 unspecified atom stereocenters. The summed E-state index contributed by atoms with van der Waals surface area (Å²) in [5.41, 5.74) is 0.959. The molecule has 96 valence electrons. The van der Waals surface area contributed by atoms with E-state index in [1.165, 1.54) is 6.92 Å². The van der Waals surface area contributed by atoms with Gasteiger partial charge in [-0.15, -0.1) is 0 Å². The van der Waals surface area contributed by atoms with Crippen molar-refractivity contribution in [2.75, 3.05) is 13.1 Å². The Balaban J connectivity index is 2.30. The number of rotatable bonds is 2. The minimum absolute atomic E-state index is 0.0706. The molecule has 2 rings (SSSR count). The summed E-state index contributed by atoms with van der Waals surface area (Å²) in [6.45, 7) is 2.24. The molecule has 4 nitrogen and oxygen atoms in total. The zero-order valence-electron chi connectivity index (χ0n) is 9.97. The molecule has 0 bridgehead atoms. The van der Waals surface area contributed by atoms with Gasteiger partial charge in [0.05, 0.1) is 5.92 Å². The lowest BCUT2D eigenvalue weighted by atomic mass is 9.89. The summed E-state index contributed by atoms with van der Waals surface area (Å²) in [7, 11) is 0. The van der Waals surface area contributed by atoms with E-state index in [1.54, 1.807) is 4.90 Å². The fraction of sp³-hybridized carbons (Fsp3) is 0.385. The summed E-state index contributed by atoms with van der Waals surface area (Å²) in [5.74, 6) is -1.57. The van der Waals surface area contributed by atoms with Crippen LogP contribution in [0.25, 0.3) is 0 Å². The number of carbonyl (C=O) groups excluding carboxylic acids is 1. The zero-order chi connectivity index (χ0) is 13.3. The van der Waals surface area contributed by atoms with E-state index in [0.29, 0.717) is 13.1 Å². The van der Waals surface area contributed by atoms with E-state index in [1.807, 2.05) is 24.3 Å². The standard InChI is InChI=1S/C13H14BrNO3/c1-8(16)15-6-11(12(7-15)13(17)18)9-3-2-4-10(14)5-9/h2-5,11-12H,6-7H2,1H3,(H,17,18). The van der Waals surface area contributed by atoms with Gasteiger partial charge in [-0.1, -0.05) is 28.1 Å². The molecule has 0 aromatic heterocycles. The number of carboxylic acids is 1. The molecule has 1 aliphatic heterocycles. The Morgan fingerprint density at radius 3 is 2.67 bits per heavy atom. The van der Waals surface area contributed by atoms with Crippen LogP contribution in [0.15, 0.2) is 28.7 Å². The van der Waals surface area contributed by atoms with E-state index in [9.17, 15) is 14.7 Å². The molecule has 1 heterocycles. The second-order valence-corrected chi connectivity index (χ2v) is 5.45. The molecular formula is C13H14BrNO3. The molecular weight excluding hydrogens is 298 g/mol. The highest BCUT2D eigenvalue weighted by Crippen LogP contribution is 2.33. The number of hydrogen-bond donors (Lipinski definition) is 1. The predicted molar refractivity (Wildman–Crippen MR) is 70.3 cm³/mol. The van der Waals surface area contributed by atoms with Crippen molar-refractivity contribution in [2.24, 2.45) is 5.92 Å². The molecule has 1 aromatic rings. The summed E-state index contributed by atoms with van der Waals surface area (Å²) < 4.78 is 0.922. The van der Waals surface area contributed by atoms with E-state index in [0.717, 1.165) is 10.0 Å². The van der Waals surface area contributed by atoms with Crippen LogP contribution in [0.2, 0.25) is 0 Å². The Hall–Kier alpha value is -1.36. The molecule has 1 amide bonds. The van der Waals surface area contributed by atoms with Crippen molar-refractivity contribution in [3.05, 3.63) is 34.3 Å². The van der Waals surface area contributed by atoms with E-state index in [2.05, 4.69) is 15.9 Å². The fourth-order valence-corrected chi connectivity index (χ4v) is 2.80. The van der Waals surface area contributed by atoms with Gasteiger partial charge in [0, 0.05) is 30.4 Å². The van der Waals surface area contributed by atoms with Gasteiger partial charge < -0.3 is 10.0 Å². The fourth-order valence-electron chi connectivity index (χ4n) is 2.39. The third-order valence-corrected chi connectivity index (χ3v) is 3.85. The van der Waals surface area contributed by atoms with E-state index < -0.39 is 11.9 Å². The average Bonchev–Trinajstić information content (AvgIpc) is 2.73. The lowest BCUT2D eigenvalue weighted by molar-refractivity contribution is -0.141. The van der Waals surface area contributed by atoms with Crippen LogP contribution in [0, 0.1) is 5.92 Å². The minimum Gasteiger partial charge on any atom is -0.481 e. The van der Waals surface area contributed by atoms with Crippen LogP contribution in [-0.2, 0) is 9.59 Å². The quantitative estimate of drug-likeness (QED) is 0.910. The number of hydrogen-bond acceptors (Lipinski definition) is 2. The molecule has 1 aliphatic rings. The van der Waals surface area contributed by atoms with Crippen molar-refractivity contribution >= 4 is 27.8 Å². The van der Waals surface area contributed by atoms with Crippen LogP contribution in [0.4, 0.5) is 0 Å². The number of aliphatic carboxylic acids is 1. The highest BCUT2D eigenvalue weighted by Gasteiger charge is 2.39. The summed E-state index contributed by atoms with van der Waals surface area (Å²) in [4.78, 5) is 24.3. The number of amides is 1. The van der Waals surface area contributed by atoms with Gasteiger partial charge >= 0.3 is 5.97 Å². The maximum Gasteiger partial charge on any atom is 0.308 e. The summed E-state index contributed by atoms with van der Waals surface area (Å²) >= 11 is 3.38. The van der Waals surface area contributed by atoms with Crippen LogP contribution < -0.4 is 0 Å². The minimum atomic E-state index is -0.844. The van der Waals surface area contributed by atoms with Crippen molar-refractivity contribution in [3.63, 3.8) is 0 Å². The molecule has 1 N–H and O–H groups in total. The highest BCUT2D eigenvalue weighted by molar-refractivity contribution is 9.10. The van der Waals surface area contributed by atoms with E-state index in [-0.39, 0.29) is 11.8 Å². The Kier molecular flexibility index (Phi) is 3.71. The second kappa shape index (κ2) is 5.10. The Morgan fingerprint density at radius 2 is 2.11 bits per heavy atom. The molecule has 0 radical (unpaired) electrons. The van der Waals surface area contributed by atoms with Crippen molar-refractivity contribution in [1.82, 2.24) is 4.90 Å². The van der Waals surface area contributed by atoms with Crippen LogP contribution in [-0.4, -0.2) is 35.0 Å². The molecule has 0 aliphatic carbocycles. The molecule has 0 saturated carbocycles. The van der Waals surface area contributed by atoms with E-state index >= 15 is 0 Å². The van der Waals surface area contributed by atoms with Gasteiger partial charge in [-0.25, -0.2) is 0 Å². The molecule has 1 fully saturated rings. The summed E-state index contributed by atoms with van der Waals surface area (Å²) in [6.07, 6.45) is 0. The first kappa shape index (κ1) is 13.1. The lowest BCUT2D eigenvalue weighted by Crippen LogP contribution is -2.27. The third kappa shape index (κ3) is 2.56. The Labute approximate surface area is 114 Å². The van der Waals surface area contributed by atoms with Gasteiger partial charge in [-0.3, -0.25) is 9.59 Å². The Morgan fingerprint density at radius 1 is 1.39 bits per heavy atom. The van der Waals surface area contributed by atoms with Gasteiger partial charge in [0.1, 0.15) is 0 Å². The Bertz CT molecular complexity index is 489. The van der Waals surface area contributed by atoms with Crippen LogP contribution in [0.3, 0.4) is 0 Å². The van der Waals surface area contributed by atoms with Crippen LogP contribution in [0.5, 0.6) is 0 Å². The predicted octanol–water partition coefficient (Wildman–Crippen LogP) is 2.10. The number of carboxylic acid groups (broad SMARTS) is 1. The van der Waals surface area contributed by atoms with Gasteiger partial charge in [0.15, 0.2) is 0 Å². The van der Waals surface area contributed by atoms with Gasteiger partial charge in [0.25, 0.3) is 0 Å². The molecule has 5 heteroatoms. The topological polar surface area (TPSA) is 57.6 Å². The second-order valence-electron chi connectivity index (χ2n) is 4.53. The van der Waals surface area contributed by atoms with Crippen molar-refractivity contribution in [1.29, 1.82) is 0 Å². The van der Waals surface area contributed by atoms with Crippen LogP contribution >= 0.6 is 15.9 Å². The number of carbonyl (C=O) groups is 2. The maximum absolute atomic E-state index is 11.4. The highest BCUT2D eigenvalue weighted by atomic mass is 79.9. The monoisotopic (exact) mass is 311 g/mol. The number of nitrogens with zero attached hydrogens (tertiary/aromatic N) is 1. The first-order valence-electron chi connectivity index (χ1n) is 5.73. The van der Waals surface area contributed by atoms with Crippen molar-refractivity contribution < 1.29 is 14.7 Å². The molecule has 1 aromatic carbocycles. The van der Waals surface area contributed by atoms with Crippen molar-refractivity contribution in [3.8, 4) is 0 Å². The average molecular weight is 312 g/mol. The largest absolute Gasteiger partial charge is 0.481 e. The van der Waals surface area contributed by atoms with Gasteiger partial charge in [-0.05, 0) is 17.7 Å². The third-order valence-electron chi connectivity index (χ3n) is 3.36. The van der Waals surface area contributed by atoms with Gasteiger partial charge in [0.2, 0.25) is 5.91 Å². The lowest BCUT2D eigenvalue weighted by Gasteiger charge is -2.15. The normalized spacial score (nSPS) is 23.1. The smallest absolute Gasteiger partial charge is 0.308 e. The van der Waals surface area contributed by atoms with Gasteiger partial charge in [-0.2, -0.15) is 0 Å². The molecule has 18 heavy (non-hydrogen) atoms. The molecule has 0 spiro atoms. The summed E-state index contributed by atoms with van der Waals surface area (Å²) in [5, 5.41) is 9.26. The summed E-state index contributed by atoms with van der Waals surface area (Å²) in [6, 6.07) is 7.62. The van der Waals surface area contributed by atoms with Crippen molar-refractivity contribution in [2.45, 2.75) is 12.8 Å². The number of benzene rings is 1. The molecule has 2 atom stereocenters. The zero-order valence-corrected chi connectivity index (χ0v) is 11.6. The number of halogens is 1. The molecule has 1 saturated heterocycles. The SMILES string of the molecule is CC(=O)N1CC(C(=O)O)C(c2cccc(Br)c2)C1. The first-order valence-corrected chi connectivity index (χ1v) is 6.52. The number of likely N-dealkylation sites (tertiary alicyclic amines) is 1.